The molecule has 4 nitrogen and oxygen atoms in total. The highest BCUT2D eigenvalue weighted by molar-refractivity contribution is 7.98. The Kier molecular flexibility index (Phi) is 4.33. The molecule has 0 fully saturated rings. The summed E-state index contributed by atoms with van der Waals surface area (Å²) in [5.41, 5.74) is 6.36. The van der Waals surface area contributed by atoms with Crippen molar-refractivity contribution in [1.82, 2.24) is 10.2 Å². The molecule has 18 heavy (non-hydrogen) atoms. The number of nitrogens with zero attached hydrogens (tertiary/aromatic N) is 2. The third-order valence-corrected chi connectivity index (χ3v) is 3.38. The second-order valence-corrected chi connectivity index (χ2v) is 5.03. The summed E-state index contributed by atoms with van der Waals surface area (Å²) in [4.78, 5) is 0. The van der Waals surface area contributed by atoms with Gasteiger partial charge >= 0.3 is 0 Å². The minimum absolute atomic E-state index is 0.148. The molecule has 6 heteroatoms. The van der Waals surface area contributed by atoms with Gasteiger partial charge in [-0.25, -0.2) is 4.39 Å². The van der Waals surface area contributed by atoms with Gasteiger partial charge in [0.2, 0.25) is 11.8 Å². The molecular formula is C12H14FN3OS. The first-order valence-electron chi connectivity index (χ1n) is 5.57. The van der Waals surface area contributed by atoms with E-state index in [0.717, 1.165) is 5.75 Å². The summed E-state index contributed by atoms with van der Waals surface area (Å²) in [6.45, 7) is 1.95. The lowest BCUT2D eigenvalue weighted by molar-refractivity contribution is 0.528. The molecule has 0 aliphatic rings. The Labute approximate surface area is 109 Å². The topological polar surface area (TPSA) is 64.9 Å². The summed E-state index contributed by atoms with van der Waals surface area (Å²) in [5, 5.41) is 7.87. The Morgan fingerprint density at radius 2 is 2.06 bits per heavy atom. The zero-order valence-electron chi connectivity index (χ0n) is 9.97. The number of rotatable bonds is 5. The van der Waals surface area contributed by atoms with Crippen LogP contribution >= 0.6 is 11.8 Å². The maximum Gasteiger partial charge on any atom is 0.247 e. The van der Waals surface area contributed by atoms with E-state index in [1.807, 2.05) is 6.92 Å². The fraction of sp³-hybridized carbons (Fsp3) is 0.333. The summed E-state index contributed by atoms with van der Waals surface area (Å²) in [7, 11) is 0. The summed E-state index contributed by atoms with van der Waals surface area (Å²) in [6, 6.07) is 6.10. The van der Waals surface area contributed by atoms with Crippen molar-refractivity contribution >= 4 is 11.8 Å². The predicted octanol–water partition coefficient (Wildman–Crippen LogP) is 2.46. The molecule has 0 bridgehead atoms. The molecule has 2 aromatic rings. The molecule has 0 radical (unpaired) electrons. The molecule has 96 valence electrons. The largest absolute Gasteiger partial charge is 0.420 e. The predicted molar refractivity (Wildman–Crippen MR) is 69.5 cm³/mol. The van der Waals surface area contributed by atoms with E-state index in [0.29, 0.717) is 23.1 Å². The normalized spacial score (nSPS) is 12.6. The summed E-state index contributed by atoms with van der Waals surface area (Å²) >= 11 is 1.64. The van der Waals surface area contributed by atoms with E-state index in [4.69, 9.17) is 10.2 Å². The monoisotopic (exact) mass is 267 g/mol. The molecule has 0 amide bonds. The molecule has 1 aromatic carbocycles. The molecule has 1 atom stereocenters. The highest BCUT2D eigenvalue weighted by Crippen LogP contribution is 2.20. The van der Waals surface area contributed by atoms with E-state index in [-0.39, 0.29) is 11.9 Å². The maximum absolute atomic E-state index is 12.8. The second kappa shape index (κ2) is 5.97. The third kappa shape index (κ3) is 3.54. The zero-order valence-corrected chi connectivity index (χ0v) is 10.8. The highest BCUT2D eigenvalue weighted by Gasteiger charge is 2.08. The molecule has 0 spiro atoms. The van der Waals surface area contributed by atoms with E-state index in [1.165, 1.54) is 12.1 Å². The van der Waals surface area contributed by atoms with Gasteiger partial charge < -0.3 is 10.2 Å². The minimum Gasteiger partial charge on any atom is -0.420 e. The van der Waals surface area contributed by atoms with Crippen LogP contribution in [0.25, 0.3) is 11.5 Å². The van der Waals surface area contributed by atoms with E-state index < -0.39 is 0 Å². The van der Waals surface area contributed by atoms with Gasteiger partial charge in [0.25, 0.3) is 0 Å². The van der Waals surface area contributed by atoms with Gasteiger partial charge in [-0.3, -0.25) is 0 Å². The first-order chi connectivity index (χ1) is 8.65. The van der Waals surface area contributed by atoms with Crippen LogP contribution < -0.4 is 5.73 Å². The number of hydrogen-bond acceptors (Lipinski definition) is 5. The van der Waals surface area contributed by atoms with Crippen LogP contribution in [-0.4, -0.2) is 22.0 Å². The quantitative estimate of drug-likeness (QED) is 0.901. The molecule has 2 N–H and O–H groups in total. The fourth-order valence-corrected chi connectivity index (χ4v) is 2.13. The van der Waals surface area contributed by atoms with Gasteiger partial charge in [0.1, 0.15) is 5.82 Å². The standard InChI is InChI=1S/C12H14FN3OS/c1-8(14)6-18-7-11-15-16-12(17-11)9-2-4-10(13)5-3-9/h2-5,8H,6-7,14H2,1H3. The summed E-state index contributed by atoms with van der Waals surface area (Å²) in [6.07, 6.45) is 0. The van der Waals surface area contributed by atoms with Crippen molar-refractivity contribution in [2.45, 2.75) is 18.7 Å². The summed E-state index contributed by atoms with van der Waals surface area (Å²) < 4.78 is 18.3. The molecule has 0 saturated heterocycles. The SMILES string of the molecule is CC(N)CSCc1nnc(-c2ccc(F)cc2)o1. The molecule has 0 saturated carbocycles. The van der Waals surface area contributed by atoms with E-state index in [2.05, 4.69) is 10.2 Å². The average Bonchev–Trinajstić information content (AvgIpc) is 2.78. The third-order valence-electron chi connectivity index (χ3n) is 2.16. The van der Waals surface area contributed by atoms with Crippen LogP contribution in [-0.2, 0) is 5.75 Å². The zero-order chi connectivity index (χ0) is 13.0. The van der Waals surface area contributed by atoms with Crippen LogP contribution in [0.5, 0.6) is 0 Å². The maximum atomic E-state index is 12.8. The number of nitrogens with two attached hydrogens (primary N) is 1. The average molecular weight is 267 g/mol. The van der Waals surface area contributed by atoms with Crippen LogP contribution in [0.4, 0.5) is 4.39 Å². The Morgan fingerprint density at radius 3 is 2.72 bits per heavy atom. The van der Waals surface area contributed by atoms with Crippen molar-refractivity contribution in [2.24, 2.45) is 5.73 Å². The van der Waals surface area contributed by atoms with Crippen molar-refractivity contribution in [2.75, 3.05) is 5.75 Å². The lowest BCUT2D eigenvalue weighted by atomic mass is 10.2. The highest BCUT2D eigenvalue weighted by atomic mass is 32.2. The number of benzene rings is 1. The van der Waals surface area contributed by atoms with Gasteiger partial charge in [0.05, 0.1) is 5.75 Å². The number of thioether (sulfide) groups is 1. The van der Waals surface area contributed by atoms with Gasteiger partial charge in [-0.1, -0.05) is 0 Å². The Bertz CT molecular complexity index is 498. The lowest BCUT2D eigenvalue weighted by Crippen LogP contribution is -2.17. The van der Waals surface area contributed by atoms with Crippen LogP contribution in [0.1, 0.15) is 12.8 Å². The lowest BCUT2D eigenvalue weighted by Gasteiger charge is -2.01. The van der Waals surface area contributed by atoms with Crippen molar-refractivity contribution < 1.29 is 8.81 Å². The van der Waals surface area contributed by atoms with Gasteiger partial charge in [-0.15, -0.1) is 10.2 Å². The van der Waals surface area contributed by atoms with Crippen LogP contribution in [0, 0.1) is 5.82 Å². The van der Waals surface area contributed by atoms with Crippen molar-refractivity contribution in [3.63, 3.8) is 0 Å². The number of aromatic nitrogens is 2. The molecule has 1 aromatic heterocycles. The van der Waals surface area contributed by atoms with E-state index in [9.17, 15) is 4.39 Å². The van der Waals surface area contributed by atoms with Crippen molar-refractivity contribution in [3.05, 3.63) is 36.0 Å². The first kappa shape index (κ1) is 13.0. The first-order valence-corrected chi connectivity index (χ1v) is 6.72. The summed E-state index contributed by atoms with van der Waals surface area (Å²) in [5.74, 6) is 2.15. The number of hydrogen-bond donors (Lipinski definition) is 1. The van der Waals surface area contributed by atoms with Gasteiger partial charge in [-0.05, 0) is 31.2 Å². The van der Waals surface area contributed by atoms with Gasteiger partial charge in [0, 0.05) is 17.4 Å². The van der Waals surface area contributed by atoms with Crippen LogP contribution in [0.3, 0.4) is 0 Å². The number of halogens is 1. The second-order valence-electron chi connectivity index (χ2n) is 4.00. The van der Waals surface area contributed by atoms with E-state index in [1.54, 1.807) is 23.9 Å². The van der Waals surface area contributed by atoms with Gasteiger partial charge in [-0.2, -0.15) is 11.8 Å². The molecule has 0 aliphatic carbocycles. The molecule has 2 rings (SSSR count). The van der Waals surface area contributed by atoms with E-state index >= 15 is 0 Å². The Hall–Kier alpha value is -1.40. The Balaban J connectivity index is 1.99. The molecule has 1 heterocycles. The van der Waals surface area contributed by atoms with Crippen LogP contribution in [0.2, 0.25) is 0 Å². The van der Waals surface area contributed by atoms with Gasteiger partial charge in [0.15, 0.2) is 0 Å². The molecule has 0 aliphatic heterocycles. The fourth-order valence-electron chi connectivity index (χ4n) is 1.35. The minimum atomic E-state index is -0.286. The molecule has 1 unspecified atom stereocenters. The Morgan fingerprint density at radius 1 is 1.33 bits per heavy atom. The smallest absolute Gasteiger partial charge is 0.247 e. The van der Waals surface area contributed by atoms with Crippen LogP contribution in [0.15, 0.2) is 28.7 Å². The van der Waals surface area contributed by atoms with Crippen molar-refractivity contribution in [1.29, 1.82) is 0 Å². The molecular weight excluding hydrogens is 253 g/mol. The van der Waals surface area contributed by atoms with Crippen molar-refractivity contribution in [3.8, 4) is 11.5 Å².